The van der Waals surface area contributed by atoms with Gasteiger partial charge in [0.2, 0.25) is 0 Å². The van der Waals surface area contributed by atoms with E-state index in [0.717, 1.165) is 5.75 Å². The molecule has 130 valence electrons. The van der Waals surface area contributed by atoms with E-state index in [4.69, 9.17) is 0 Å². The van der Waals surface area contributed by atoms with Gasteiger partial charge in [0.15, 0.2) is 5.78 Å². The maximum atomic E-state index is 12.7. The fourth-order valence-electron chi connectivity index (χ4n) is 3.10. The minimum Gasteiger partial charge on any atom is -0.302 e. The average molecular weight is 330 g/mol. The highest BCUT2D eigenvalue weighted by molar-refractivity contribution is 7.85. The number of rotatable bonds is 6. The zero-order valence-corrected chi connectivity index (χ0v) is 16.1. The van der Waals surface area contributed by atoms with E-state index in [9.17, 15) is 9.00 Å². The summed E-state index contributed by atoms with van der Waals surface area (Å²) in [6, 6.07) is -0.315. The van der Waals surface area contributed by atoms with E-state index < -0.39 is 16.2 Å². The van der Waals surface area contributed by atoms with Crippen molar-refractivity contribution in [1.29, 1.82) is 0 Å². The number of Topliss-reactive ketones (excluding diaryl/α,β-unsaturated/α-hetero) is 1. The lowest BCUT2D eigenvalue weighted by Gasteiger charge is -2.32. The number of ketones is 1. The quantitative estimate of drug-likeness (QED) is 0.808. The van der Waals surface area contributed by atoms with Gasteiger partial charge in [-0.25, -0.2) is 0 Å². The maximum absolute atomic E-state index is 12.7. The average Bonchev–Trinajstić information content (AvgIpc) is 2.35. The minimum absolute atomic E-state index is 0.152. The molecule has 0 aromatic rings. The third kappa shape index (κ3) is 7.36. The number of carbonyl (C=O) groups excluding carboxylic acids is 1. The summed E-state index contributed by atoms with van der Waals surface area (Å²) in [7, 11) is -0.921. The molecule has 0 bridgehead atoms. The van der Waals surface area contributed by atoms with E-state index in [0.29, 0.717) is 11.7 Å². The summed E-state index contributed by atoms with van der Waals surface area (Å²) in [4.78, 5) is 12.7. The fourth-order valence-corrected chi connectivity index (χ4v) is 4.70. The van der Waals surface area contributed by atoms with Crippen LogP contribution in [0.4, 0.5) is 0 Å². The Morgan fingerprint density at radius 3 is 2.09 bits per heavy atom. The van der Waals surface area contributed by atoms with Crippen LogP contribution in [0.25, 0.3) is 0 Å². The Kier molecular flexibility index (Phi) is 7.25. The van der Waals surface area contributed by atoms with Crippen molar-refractivity contribution in [2.45, 2.75) is 85.2 Å². The molecule has 22 heavy (non-hydrogen) atoms. The van der Waals surface area contributed by atoms with Gasteiger partial charge in [-0.1, -0.05) is 40.0 Å². The first-order chi connectivity index (χ1) is 9.99. The zero-order chi connectivity index (χ0) is 17.0. The Bertz CT molecular complexity index is 387. The first-order valence-corrected chi connectivity index (χ1v) is 10.1. The zero-order valence-electron chi connectivity index (χ0n) is 15.3. The highest BCUT2D eigenvalue weighted by atomic mass is 32.2. The van der Waals surface area contributed by atoms with Crippen molar-refractivity contribution >= 4 is 16.6 Å². The number of carbonyl (C=O) groups is 1. The Hall–Kier alpha value is -0.220. The summed E-state index contributed by atoms with van der Waals surface area (Å²) in [5.41, 5.74) is -0.557. The van der Waals surface area contributed by atoms with Crippen molar-refractivity contribution in [1.82, 2.24) is 5.32 Å². The SMILES string of the molecule is CC(C)(C)NC(CS(=O)CC1CCCCC1)C(=O)C(C)(C)C. The third-order valence-electron chi connectivity index (χ3n) is 4.16. The lowest BCUT2D eigenvalue weighted by atomic mass is 9.86. The molecule has 1 fully saturated rings. The molecule has 1 rings (SSSR count). The van der Waals surface area contributed by atoms with Gasteiger partial charge in [0.05, 0.1) is 6.04 Å². The fraction of sp³-hybridized carbons (Fsp3) is 0.944. The second-order valence-corrected chi connectivity index (χ2v) is 10.4. The van der Waals surface area contributed by atoms with Crippen LogP contribution >= 0.6 is 0 Å². The van der Waals surface area contributed by atoms with Gasteiger partial charge in [0.1, 0.15) is 0 Å². The molecule has 1 N–H and O–H groups in total. The topological polar surface area (TPSA) is 46.2 Å². The normalized spacial score (nSPS) is 20.6. The summed E-state index contributed by atoms with van der Waals surface area (Å²) < 4.78 is 12.6. The van der Waals surface area contributed by atoms with Crippen LogP contribution < -0.4 is 5.32 Å². The lowest BCUT2D eigenvalue weighted by Crippen LogP contribution is -2.53. The summed E-state index contributed by atoms with van der Waals surface area (Å²) in [5.74, 6) is 1.97. The molecule has 1 aliphatic carbocycles. The largest absolute Gasteiger partial charge is 0.302 e. The van der Waals surface area contributed by atoms with E-state index in [-0.39, 0.29) is 17.4 Å². The van der Waals surface area contributed by atoms with Crippen molar-refractivity contribution in [3.05, 3.63) is 0 Å². The summed E-state index contributed by atoms with van der Waals surface area (Å²) in [6.45, 7) is 12.0. The number of hydrogen-bond acceptors (Lipinski definition) is 3. The molecule has 0 heterocycles. The standard InChI is InChI=1S/C18H35NO2S/c1-17(2,3)16(20)15(19-18(4,5)6)13-22(21)12-14-10-8-7-9-11-14/h14-15,19H,7-13H2,1-6H3. The Morgan fingerprint density at radius 2 is 1.64 bits per heavy atom. The van der Waals surface area contributed by atoms with Gasteiger partial charge in [-0.3, -0.25) is 9.00 Å². The molecule has 2 atom stereocenters. The van der Waals surface area contributed by atoms with Gasteiger partial charge < -0.3 is 5.32 Å². The summed E-state index contributed by atoms with van der Waals surface area (Å²) in [6.07, 6.45) is 6.27. The second-order valence-electron chi connectivity index (χ2n) is 8.84. The van der Waals surface area contributed by atoms with Gasteiger partial charge >= 0.3 is 0 Å². The van der Waals surface area contributed by atoms with Crippen LogP contribution in [0, 0.1) is 11.3 Å². The molecule has 3 nitrogen and oxygen atoms in total. The molecular weight excluding hydrogens is 294 g/mol. The number of hydrogen-bond donors (Lipinski definition) is 1. The molecule has 0 radical (unpaired) electrons. The maximum Gasteiger partial charge on any atom is 0.155 e. The van der Waals surface area contributed by atoms with Crippen LogP contribution in [0.5, 0.6) is 0 Å². The Morgan fingerprint density at radius 1 is 1.09 bits per heavy atom. The Balaban J connectivity index is 2.66. The first kappa shape index (κ1) is 19.8. The molecular formula is C18H35NO2S. The number of nitrogens with one attached hydrogen (secondary N) is 1. The molecule has 2 unspecified atom stereocenters. The van der Waals surface area contributed by atoms with Crippen LogP contribution in [0.2, 0.25) is 0 Å². The molecule has 0 aliphatic heterocycles. The van der Waals surface area contributed by atoms with E-state index in [2.05, 4.69) is 26.1 Å². The molecule has 0 saturated heterocycles. The van der Waals surface area contributed by atoms with Gasteiger partial charge in [-0.2, -0.15) is 0 Å². The summed E-state index contributed by atoms with van der Waals surface area (Å²) >= 11 is 0. The van der Waals surface area contributed by atoms with E-state index >= 15 is 0 Å². The van der Waals surface area contributed by atoms with E-state index in [1.165, 1.54) is 32.1 Å². The smallest absolute Gasteiger partial charge is 0.155 e. The van der Waals surface area contributed by atoms with Crippen molar-refractivity contribution in [3.8, 4) is 0 Å². The predicted octanol–water partition coefficient (Wildman–Crippen LogP) is 3.69. The van der Waals surface area contributed by atoms with Crippen LogP contribution in [-0.2, 0) is 15.6 Å². The molecule has 0 amide bonds. The molecule has 0 spiro atoms. The van der Waals surface area contributed by atoms with Crippen LogP contribution in [0.3, 0.4) is 0 Å². The summed E-state index contributed by atoms with van der Waals surface area (Å²) in [5, 5.41) is 3.39. The van der Waals surface area contributed by atoms with E-state index in [1.807, 2.05) is 20.8 Å². The molecule has 0 aromatic carbocycles. The Labute approximate surface area is 139 Å². The lowest BCUT2D eigenvalue weighted by molar-refractivity contribution is -0.128. The van der Waals surface area contributed by atoms with Crippen molar-refractivity contribution < 1.29 is 9.00 Å². The molecule has 1 aliphatic rings. The minimum atomic E-state index is -0.921. The monoisotopic (exact) mass is 329 g/mol. The third-order valence-corrected chi connectivity index (χ3v) is 5.71. The van der Waals surface area contributed by atoms with Gasteiger partial charge in [0, 0.05) is 33.3 Å². The van der Waals surface area contributed by atoms with Gasteiger partial charge in [-0.15, -0.1) is 0 Å². The van der Waals surface area contributed by atoms with Crippen LogP contribution in [0.1, 0.15) is 73.6 Å². The molecule has 0 aromatic heterocycles. The van der Waals surface area contributed by atoms with Crippen LogP contribution in [0.15, 0.2) is 0 Å². The molecule has 4 heteroatoms. The second kappa shape index (κ2) is 8.05. The van der Waals surface area contributed by atoms with Crippen molar-refractivity contribution in [3.63, 3.8) is 0 Å². The van der Waals surface area contributed by atoms with Gasteiger partial charge in [0.25, 0.3) is 0 Å². The van der Waals surface area contributed by atoms with Crippen molar-refractivity contribution in [2.24, 2.45) is 11.3 Å². The van der Waals surface area contributed by atoms with Crippen molar-refractivity contribution in [2.75, 3.05) is 11.5 Å². The molecule has 1 saturated carbocycles. The first-order valence-electron chi connectivity index (χ1n) is 8.66. The highest BCUT2D eigenvalue weighted by Crippen LogP contribution is 2.25. The highest BCUT2D eigenvalue weighted by Gasteiger charge is 2.33. The van der Waals surface area contributed by atoms with Crippen LogP contribution in [-0.4, -0.2) is 33.1 Å². The van der Waals surface area contributed by atoms with E-state index in [1.54, 1.807) is 0 Å². The van der Waals surface area contributed by atoms with Gasteiger partial charge in [-0.05, 0) is 39.5 Å². The predicted molar refractivity (Wildman–Crippen MR) is 95.6 cm³/mol.